The zero-order chi connectivity index (χ0) is 19.9. The highest BCUT2D eigenvalue weighted by atomic mass is 32.2. The van der Waals surface area contributed by atoms with Gasteiger partial charge >= 0.3 is 0 Å². The molecule has 4 heteroatoms. The van der Waals surface area contributed by atoms with Crippen LogP contribution in [0.4, 0.5) is 5.69 Å². The van der Waals surface area contributed by atoms with E-state index in [0.717, 1.165) is 23.4 Å². The first-order valence-electron chi connectivity index (χ1n) is 9.37. The number of hydrogen-bond donors (Lipinski definition) is 1. The van der Waals surface area contributed by atoms with E-state index in [0.29, 0.717) is 0 Å². The maximum atomic E-state index is 12.9. The van der Waals surface area contributed by atoms with Crippen LogP contribution in [0.25, 0.3) is 11.1 Å². The van der Waals surface area contributed by atoms with Gasteiger partial charge < -0.3 is 5.32 Å². The van der Waals surface area contributed by atoms with E-state index in [1.165, 1.54) is 10.5 Å². The van der Waals surface area contributed by atoms with Gasteiger partial charge in [-0.15, -0.1) is 11.8 Å². The Labute approximate surface area is 171 Å². The Kier molecular flexibility index (Phi) is 6.90. The maximum Gasteiger partial charge on any atom is 0.241 e. The van der Waals surface area contributed by atoms with Crippen molar-refractivity contribution in [2.24, 2.45) is 0 Å². The second kappa shape index (κ2) is 9.58. The molecule has 0 aromatic heterocycles. The van der Waals surface area contributed by atoms with Crippen LogP contribution < -0.4 is 5.32 Å². The van der Waals surface area contributed by atoms with E-state index in [-0.39, 0.29) is 11.9 Å². The van der Waals surface area contributed by atoms with Gasteiger partial charge in [-0.3, -0.25) is 9.69 Å². The largest absolute Gasteiger partial charge is 0.324 e. The van der Waals surface area contributed by atoms with Crippen LogP contribution >= 0.6 is 11.8 Å². The Morgan fingerprint density at radius 1 is 0.964 bits per heavy atom. The summed E-state index contributed by atoms with van der Waals surface area (Å²) >= 11 is 1.73. The fourth-order valence-electron chi connectivity index (χ4n) is 3.05. The van der Waals surface area contributed by atoms with E-state index in [1.807, 2.05) is 56.4 Å². The zero-order valence-corrected chi connectivity index (χ0v) is 17.4. The minimum absolute atomic E-state index is 0.00776. The number of benzene rings is 3. The molecule has 0 aliphatic rings. The second-order valence-corrected chi connectivity index (χ2v) is 7.72. The lowest BCUT2D eigenvalue weighted by Gasteiger charge is -2.24. The zero-order valence-electron chi connectivity index (χ0n) is 16.6. The van der Waals surface area contributed by atoms with Gasteiger partial charge in [-0.25, -0.2) is 0 Å². The normalized spacial score (nSPS) is 12.0. The summed E-state index contributed by atoms with van der Waals surface area (Å²) in [5.74, 6) is -0.00776. The molecule has 0 saturated heterocycles. The third-order valence-electron chi connectivity index (χ3n) is 4.90. The molecule has 1 N–H and O–H groups in total. The lowest BCUT2D eigenvalue weighted by atomic mass is 10.0. The smallest absolute Gasteiger partial charge is 0.241 e. The van der Waals surface area contributed by atoms with E-state index in [1.54, 1.807) is 11.8 Å². The van der Waals surface area contributed by atoms with E-state index >= 15 is 0 Å². The number of amides is 1. The van der Waals surface area contributed by atoms with Crippen LogP contribution in [-0.4, -0.2) is 30.2 Å². The molecule has 0 fully saturated rings. The Morgan fingerprint density at radius 2 is 1.61 bits per heavy atom. The molecule has 3 aromatic carbocycles. The molecular weight excluding hydrogens is 364 g/mol. The van der Waals surface area contributed by atoms with Crippen LogP contribution in [0.1, 0.15) is 12.5 Å². The summed E-state index contributed by atoms with van der Waals surface area (Å²) in [6.45, 7) is 2.67. The topological polar surface area (TPSA) is 32.3 Å². The van der Waals surface area contributed by atoms with Crippen molar-refractivity contribution in [1.29, 1.82) is 0 Å². The molecule has 3 rings (SSSR count). The molecule has 1 amide bonds. The molecule has 0 aliphatic heterocycles. The minimum Gasteiger partial charge on any atom is -0.324 e. The molecule has 28 heavy (non-hydrogen) atoms. The first-order valence-corrected chi connectivity index (χ1v) is 10.6. The molecule has 144 valence electrons. The number of carbonyl (C=O) groups excluding carboxylic acids is 1. The lowest BCUT2D eigenvalue weighted by Crippen LogP contribution is -2.39. The standard InChI is InChI=1S/C24H26N2OS/c1-18(26(2)17-19-13-15-21(28-3)16-14-19)24(27)25-23-12-8-7-11-22(23)20-9-5-4-6-10-20/h4-16,18H,17H2,1-3H3,(H,25,27)/t18-/m0/s1. The van der Waals surface area contributed by atoms with Crippen molar-refractivity contribution >= 4 is 23.4 Å². The second-order valence-electron chi connectivity index (χ2n) is 6.84. The van der Waals surface area contributed by atoms with Gasteiger partial charge in [0.1, 0.15) is 0 Å². The van der Waals surface area contributed by atoms with E-state index in [2.05, 4.69) is 52.9 Å². The quantitative estimate of drug-likeness (QED) is 0.538. The summed E-state index contributed by atoms with van der Waals surface area (Å²) in [6, 6.07) is 26.3. The van der Waals surface area contributed by atoms with Crippen molar-refractivity contribution in [2.75, 3.05) is 18.6 Å². The summed E-state index contributed by atoms with van der Waals surface area (Å²) in [5.41, 5.74) is 4.15. The average molecular weight is 391 g/mol. The Morgan fingerprint density at radius 3 is 2.29 bits per heavy atom. The number of thioether (sulfide) groups is 1. The number of likely N-dealkylation sites (N-methyl/N-ethyl adjacent to an activating group) is 1. The summed E-state index contributed by atoms with van der Waals surface area (Å²) in [4.78, 5) is 16.2. The number of carbonyl (C=O) groups is 1. The van der Waals surface area contributed by atoms with Crippen molar-refractivity contribution in [3.05, 3.63) is 84.4 Å². The summed E-state index contributed by atoms with van der Waals surface area (Å²) in [5, 5.41) is 3.11. The number of hydrogen-bond acceptors (Lipinski definition) is 3. The minimum atomic E-state index is -0.246. The number of nitrogens with one attached hydrogen (secondary N) is 1. The van der Waals surface area contributed by atoms with Crippen molar-refractivity contribution in [2.45, 2.75) is 24.4 Å². The van der Waals surface area contributed by atoms with Crippen LogP contribution in [0.5, 0.6) is 0 Å². The molecule has 3 nitrogen and oxygen atoms in total. The molecule has 0 spiro atoms. The maximum absolute atomic E-state index is 12.9. The molecule has 0 bridgehead atoms. The van der Waals surface area contributed by atoms with Crippen LogP contribution in [0.2, 0.25) is 0 Å². The van der Waals surface area contributed by atoms with E-state index in [4.69, 9.17) is 0 Å². The number of rotatable bonds is 7. The predicted molar refractivity (Wildman–Crippen MR) is 120 cm³/mol. The number of para-hydroxylation sites is 1. The third kappa shape index (κ3) is 5.03. The molecule has 1 atom stereocenters. The Hall–Kier alpha value is -2.56. The predicted octanol–water partition coefficient (Wildman–Crippen LogP) is 5.53. The van der Waals surface area contributed by atoms with Crippen LogP contribution in [0, 0.1) is 0 Å². The third-order valence-corrected chi connectivity index (χ3v) is 5.64. The van der Waals surface area contributed by atoms with Gasteiger partial charge in [0.2, 0.25) is 5.91 Å². The fraction of sp³-hybridized carbons (Fsp3) is 0.208. The van der Waals surface area contributed by atoms with Crippen molar-refractivity contribution in [1.82, 2.24) is 4.90 Å². The van der Waals surface area contributed by atoms with Crippen LogP contribution in [0.3, 0.4) is 0 Å². The monoisotopic (exact) mass is 390 g/mol. The molecule has 0 radical (unpaired) electrons. The van der Waals surface area contributed by atoms with Gasteiger partial charge in [0, 0.05) is 22.7 Å². The molecule has 0 unspecified atom stereocenters. The van der Waals surface area contributed by atoms with Crippen molar-refractivity contribution in [3.63, 3.8) is 0 Å². The Balaban J connectivity index is 1.69. The summed E-state index contributed by atoms with van der Waals surface area (Å²) in [7, 11) is 1.98. The highest BCUT2D eigenvalue weighted by Crippen LogP contribution is 2.27. The van der Waals surface area contributed by atoms with Crippen molar-refractivity contribution < 1.29 is 4.79 Å². The van der Waals surface area contributed by atoms with Crippen molar-refractivity contribution in [3.8, 4) is 11.1 Å². The lowest BCUT2D eigenvalue weighted by molar-refractivity contribution is -0.120. The Bertz CT molecular complexity index is 909. The average Bonchev–Trinajstić information content (AvgIpc) is 2.74. The molecule has 3 aromatic rings. The van der Waals surface area contributed by atoms with Gasteiger partial charge in [-0.1, -0.05) is 60.7 Å². The van der Waals surface area contributed by atoms with Gasteiger partial charge in [0.25, 0.3) is 0 Å². The summed E-state index contributed by atoms with van der Waals surface area (Å²) < 4.78 is 0. The van der Waals surface area contributed by atoms with Gasteiger partial charge in [-0.2, -0.15) is 0 Å². The van der Waals surface area contributed by atoms with E-state index < -0.39 is 0 Å². The molecule has 0 heterocycles. The number of anilines is 1. The van der Waals surface area contributed by atoms with Gasteiger partial charge in [0.05, 0.1) is 6.04 Å². The SMILES string of the molecule is CSc1ccc(CN(C)[C@@H](C)C(=O)Nc2ccccc2-c2ccccc2)cc1. The van der Waals surface area contributed by atoms with Crippen LogP contribution in [-0.2, 0) is 11.3 Å². The highest BCUT2D eigenvalue weighted by Gasteiger charge is 2.19. The first-order chi connectivity index (χ1) is 13.6. The highest BCUT2D eigenvalue weighted by molar-refractivity contribution is 7.98. The molecule has 0 aliphatic carbocycles. The molecular formula is C24H26N2OS. The molecule has 0 saturated carbocycles. The summed E-state index contributed by atoms with van der Waals surface area (Å²) in [6.07, 6.45) is 2.07. The van der Waals surface area contributed by atoms with E-state index in [9.17, 15) is 4.79 Å². The van der Waals surface area contributed by atoms with Gasteiger partial charge in [-0.05, 0) is 49.6 Å². The number of nitrogens with zero attached hydrogens (tertiary/aromatic N) is 1. The first kappa shape index (κ1) is 20.2. The van der Waals surface area contributed by atoms with Crippen LogP contribution in [0.15, 0.2) is 83.8 Å². The fourth-order valence-corrected chi connectivity index (χ4v) is 3.46. The van der Waals surface area contributed by atoms with Gasteiger partial charge in [0.15, 0.2) is 0 Å².